The molecule has 106 valence electrons. The number of rotatable bonds is 6. The van der Waals surface area contributed by atoms with Gasteiger partial charge in [-0.15, -0.1) is 0 Å². The Hall–Kier alpha value is -1.16. The number of aryl methyl sites for hydroxylation is 1. The van der Waals surface area contributed by atoms with Gasteiger partial charge in [-0.05, 0) is 38.3 Å². The Balaban J connectivity index is 1.88. The van der Waals surface area contributed by atoms with Gasteiger partial charge in [-0.3, -0.25) is 0 Å². The van der Waals surface area contributed by atoms with E-state index in [2.05, 4.69) is 40.1 Å². The predicted octanol–water partition coefficient (Wildman–Crippen LogP) is 2.25. The van der Waals surface area contributed by atoms with Crippen molar-refractivity contribution in [3.05, 3.63) is 18.1 Å². The van der Waals surface area contributed by atoms with Crippen LogP contribution in [0.3, 0.4) is 0 Å². The van der Waals surface area contributed by atoms with Crippen LogP contribution in [0.4, 0.5) is 5.82 Å². The molecule has 1 fully saturated rings. The maximum absolute atomic E-state index is 4.43. The summed E-state index contributed by atoms with van der Waals surface area (Å²) in [5.74, 6) is 1.94. The first-order chi connectivity index (χ1) is 9.33. The Morgan fingerprint density at radius 1 is 1.26 bits per heavy atom. The van der Waals surface area contributed by atoms with E-state index in [1.807, 2.05) is 0 Å². The van der Waals surface area contributed by atoms with Crippen molar-refractivity contribution in [3.63, 3.8) is 0 Å². The molecule has 0 spiro atoms. The van der Waals surface area contributed by atoms with E-state index in [0.717, 1.165) is 50.8 Å². The Labute approximate surface area is 116 Å². The first-order valence-electron chi connectivity index (χ1n) is 7.60. The van der Waals surface area contributed by atoms with Crippen molar-refractivity contribution in [2.45, 2.75) is 39.5 Å². The van der Waals surface area contributed by atoms with Crippen molar-refractivity contribution < 1.29 is 0 Å². The van der Waals surface area contributed by atoms with Crippen LogP contribution in [0.25, 0.3) is 0 Å². The monoisotopic (exact) mass is 262 g/mol. The third-order valence-electron chi connectivity index (χ3n) is 3.84. The van der Waals surface area contributed by atoms with Crippen LogP contribution >= 0.6 is 0 Å². The summed E-state index contributed by atoms with van der Waals surface area (Å²) in [6, 6.07) is 2.16. The van der Waals surface area contributed by atoms with Gasteiger partial charge in [0.05, 0.1) is 0 Å². The lowest BCUT2D eigenvalue weighted by atomic mass is 9.97. The molecular formula is C15H26N4. The standard InChI is InChI=1S/C15H26N4/c1-3-5-14-10-15(18-12-17-14)19-8-6-13(7-9-19)11-16-4-2/h10,12-13,16H,3-9,11H2,1-2H3. The van der Waals surface area contributed by atoms with E-state index in [4.69, 9.17) is 0 Å². The second kappa shape index (κ2) is 7.43. The topological polar surface area (TPSA) is 41.0 Å². The van der Waals surface area contributed by atoms with Gasteiger partial charge >= 0.3 is 0 Å². The molecule has 2 rings (SSSR count). The van der Waals surface area contributed by atoms with Crippen LogP contribution in [0.5, 0.6) is 0 Å². The van der Waals surface area contributed by atoms with Gasteiger partial charge in [-0.1, -0.05) is 20.3 Å². The predicted molar refractivity (Wildman–Crippen MR) is 79.5 cm³/mol. The van der Waals surface area contributed by atoms with Crippen molar-refractivity contribution >= 4 is 5.82 Å². The quantitative estimate of drug-likeness (QED) is 0.854. The number of anilines is 1. The maximum Gasteiger partial charge on any atom is 0.132 e. The molecule has 0 aliphatic carbocycles. The summed E-state index contributed by atoms with van der Waals surface area (Å²) in [6.45, 7) is 8.85. The van der Waals surface area contributed by atoms with Crippen LogP contribution < -0.4 is 10.2 Å². The number of hydrogen-bond acceptors (Lipinski definition) is 4. The fourth-order valence-corrected chi connectivity index (χ4v) is 2.67. The van der Waals surface area contributed by atoms with Crippen molar-refractivity contribution in [1.29, 1.82) is 0 Å². The highest BCUT2D eigenvalue weighted by molar-refractivity contribution is 5.39. The molecule has 1 N–H and O–H groups in total. The molecule has 0 radical (unpaired) electrons. The van der Waals surface area contributed by atoms with E-state index in [1.54, 1.807) is 6.33 Å². The first kappa shape index (κ1) is 14.3. The highest BCUT2D eigenvalue weighted by atomic mass is 15.2. The molecule has 0 saturated carbocycles. The second-order valence-electron chi connectivity index (χ2n) is 5.36. The Kier molecular flexibility index (Phi) is 5.58. The molecule has 0 bridgehead atoms. The molecule has 1 aliphatic rings. The molecule has 0 aromatic carbocycles. The van der Waals surface area contributed by atoms with Crippen molar-refractivity contribution in [2.75, 3.05) is 31.1 Å². The fourth-order valence-electron chi connectivity index (χ4n) is 2.67. The maximum atomic E-state index is 4.43. The normalized spacial score (nSPS) is 16.8. The molecule has 1 aliphatic heterocycles. The van der Waals surface area contributed by atoms with Crippen LogP contribution in [0.15, 0.2) is 12.4 Å². The molecule has 19 heavy (non-hydrogen) atoms. The third kappa shape index (κ3) is 4.16. The van der Waals surface area contributed by atoms with Crippen LogP contribution in [0, 0.1) is 5.92 Å². The minimum Gasteiger partial charge on any atom is -0.356 e. The summed E-state index contributed by atoms with van der Waals surface area (Å²) in [6.07, 6.45) is 6.43. The van der Waals surface area contributed by atoms with Gasteiger partial charge in [0.2, 0.25) is 0 Å². The van der Waals surface area contributed by atoms with Gasteiger partial charge in [0.1, 0.15) is 12.1 Å². The lowest BCUT2D eigenvalue weighted by Gasteiger charge is -2.33. The molecule has 0 amide bonds. The Morgan fingerprint density at radius 2 is 2.05 bits per heavy atom. The van der Waals surface area contributed by atoms with Crippen molar-refractivity contribution in [3.8, 4) is 0 Å². The number of nitrogens with one attached hydrogen (secondary N) is 1. The average Bonchev–Trinajstić information content (AvgIpc) is 2.46. The van der Waals surface area contributed by atoms with Crippen LogP contribution in [0.1, 0.15) is 38.8 Å². The van der Waals surface area contributed by atoms with Crippen LogP contribution in [-0.2, 0) is 6.42 Å². The van der Waals surface area contributed by atoms with Gasteiger partial charge < -0.3 is 10.2 Å². The van der Waals surface area contributed by atoms with E-state index in [1.165, 1.54) is 18.5 Å². The third-order valence-corrected chi connectivity index (χ3v) is 3.84. The average molecular weight is 262 g/mol. The number of piperidine rings is 1. The van der Waals surface area contributed by atoms with Crippen molar-refractivity contribution in [2.24, 2.45) is 5.92 Å². The van der Waals surface area contributed by atoms with E-state index in [9.17, 15) is 0 Å². The van der Waals surface area contributed by atoms with Crippen LogP contribution in [0.2, 0.25) is 0 Å². The number of hydrogen-bond donors (Lipinski definition) is 1. The molecule has 1 saturated heterocycles. The lowest BCUT2D eigenvalue weighted by Crippen LogP contribution is -2.37. The molecule has 0 unspecified atom stereocenters. The molecule has 1 aromatic rings. The summed E-state index contributed by atoms with van der Waals surface area (Å²) < 4.78 is 0. The SMILES string of the molecule is CCCc1cc(N2CCC(CNCC)CC2)ncn1. The minimum absolute atomic E-state index is 0.827. The first-order valence-corrected chi connectivity index (χ1v) is 7.60. The van der Waals surface area contributed by atoms with E-state index < -0.39 is 0 Å². The lowest BCUT2D eigenvalue weighted by molar-refractivity contribution is 0.385. The van der Waals surface area contributed by atoms with E-state index >= 15 is 0 Å². The van der Waals surface area contributed by atoms with E-state index in [-0.39, 0.29) is 0 Å². The molecule has 4 heteroatoms. The molecule has 0 atom stereocenters. The minimum atomic E-state index is 0.827. The molecule has 2 heterocycles. The fraction of sp³-hybridized carbons (Fsp3) is 0.733. The Morgan fingerprint density at radius 3 is 2.74 bits per heavy atom. The number of aromatic nitrogens is 2. The number of nitrogens with zero attached hydrogens (tertiary/aromatic N) is 3. The van der Waals surface area contributed by atoms with Crippen molar-refractivity contribution in [1.82, 2.24) is 15.3 Å². The smallest absolute Gasteiger partial charge is 0.132 e. The molecule has 1 aromatic heterocycles. The van der Waals surface area contributed by atoms with Gasteiger partial charge in [-0.25, -0.2) is 9.97 Å². The molecular weight excluding hydrogens is 236 g/mol. The highest BCUT2D eigenvalue weighted by Gasteiger charge is 2.19. The summed E-state index contributed by atoms with van der Waals surface area (Å²) >= 11 is 0. The van der Waals surface area contributed by atoms with Gasteiger partial charge in [-0.2, -0.15) is 0 Å². The molecule has 4 nitrogen and oxygen atoms in total. The Bertz CT molecular complexity index is 372. The van der Waals surface area contributed by atoms with E-state index in [0.29, 0.717) is 0 Å². The van der Waals surface area contributed by atoms with Gasteiger partial charge in [0, 0.05) is 24.8 Å². The highest BCUT2D eigenvalue weighted by Crippen LogP contribution is 2.21. The van der Waals surface area contributed by atoms with Gasteiger partial charge in [0.15, 0.2) is 0 Å². The van der Waals surface area contributed by atoms with Gasteiger partial charge in [0.25, 0.3) is 0 Å². The summed E-state index contributed by atoms with van der Waals surface area (Å²) in [5.41, 5.74) is 1.17. The largest absolute Gasteiger partial charge is 0.356 e. The zero-order chi connectivity index (χ0) is 13.5. The zero-order valence-electron chi connectivity index (χ0n) is 12.2. The second-order valence-corrected chi connectivity index (χ2v) is 5.36. The zero-order valence-corrected chi connectivity index (χ0v) is 12.2. The summed E-state index contributed by atoms with van der Waals surface area (Å²) in [5, 5.41) is 3.45. The van der Waals surface area contributed by atoms with Crippen LogP contribution in [-0.4, -0.2) is 36.1 Å². The summed E-state index contributed by atoms with van der Waals surface area (Å²) in [4.78, 5) is 11.2. The summed E-state index contributed by atoms with van der Waals surface area (Å²) in [7, 11) is 0.